The Morgan fingerprint density at radius 1 is 1.45 bits per heavy atom. The fourth-order valence-electron chi connectivity index (χ4n) is 0.827. The molecule has 0 atom stereocenters. The van der Waals surface area contributed by atoms with Gasteiger partial charge >= 0.3 is 0 Å². The van der Waals surface area contributed by atoms with Gasteiger partial charge in [-0.25, -0.2) is 0 Å². The molecular weight excluding hydrogens is 142 g/mol. The van der Waals surface area contributed by atoms with Crippen LogP contribution in [0.3, 0.4) is 0 Å². The molecule has 1 aromatic carbocycles. The third kappa shape index (κ3) is 1.53. The van der Waals surface area contributed by atoms with Gasteiger partial charge in [-0.15, -0.1) is 0 Å². The van der Waals surface area contributed by atoms with E-state index < -0.39 is 0 Å². The lowest BCUT2D eigenvalue weighted by molar-refractivity contribution is 0.417. The highest BCUT2D eigenvalue weighted by Gasteiger charge is 1.99. The maximum absolute atomic E-state index is 5.51. The highest BCUT2D eigenvalue weighted by atomic mass is 16.5. The summed E-state index contributed by atoms with van der Waals surface area (Å²) in [5.74, 6) is 5.85. The molecule has 4 heteroatoms. The van der Waals surface area contributed by atoms with Crippen LogP contribution in [0.25, 0.3) is 0 Å². The van der Waals surface area contributed by atoms with Crippen molar-refractivity contribution in [2.45, 2.75) is 0 Å². The molecule has 0 spiro atoms. The second kappa shape index (κ2) is 3.12. The Balaban J connectivity index is 3.06. The van der Waals surface area contributed by atoms with Crippen molar-refractivity contribution >= 4 is 11.4 Å². The summed E-state index contributed by atoms with van der Waals surface area (Å²) in [7, 11) is 1.57. The van der Waals surface area contributed by atoms with Crippen molar-refractivity contribution in [3.8, 4) is 5.75 Å². The Hall–Kier alpha value is -1.42. The van der Waals surface area contributed by atoms with Crippen LogP contribution in [0.15, 0.2) is 18.2 Å². The Morgan fingerprint density at radius 2 is 2.18 bits per heavy atom. The zero-order chi connectivity index (χ0) is 8.27. The van der Waals surface area contributed by atoms with Crippen molar-refractivity contribution in [2.75, 3.05) is 18.3 Å². The third-order valence-electron chi connectivity index (χ3n) is 1.38. The van der Waals surface area contributed by atoms with E-state index in [2.05, 4.69) is 5.43 Å². The Morgan fingerprint density at radius 3 is 2.73 bits per heavy atom. The molecule has 0 bridgehead atoms. The van der Waals surface area contributed by atoms with Crippen LogP contribution in [0.1, 0.15) is 0 Å². The van der Waals surface area contributed by atoms with E-state index in [1.165, 1.54) is 0 Å². The average Bonchev–Trinajstić information content (AvgIpc) is 2.04. The molecule has 0 aliphatic heterocycles. The molecule has 11 heavy (non-hydrogen) atoms. The number of nitrogens with one attached hydrogen (secondary N) is 1. The second-order valence-electron chi connectivity index (χ2n) is 2.10. The Bertz CT molecular complexity index is 249. The lowest BCUT2D eigenvalue weighted by Crippen LogP contribution is -2.08. The molecule has 0 saturated carbocycles. The minimum atomic E-state index is 0.646. The lowest BCUT2D eigenvalue weighted by atomic mass is 10.2. The number of anilines is 2. The van der Waals surface area contributed by atoms with Gasteiger partial charge in [0.15, 0.2) is 0 Å². The van der Waals surface area contributed by atoms with E-state index >= 15 is 0 Å². The molecule has 1 aromatic rings. The monoisotopic (exact) mass is 153 g/mol. The van der Waals surface area contributed by atoms with E-state index in [1.807, 2.05) is 0 Å². The van der Waals surface area contributed by atoms with Crippen LogP contribution in [-0.4, -0.2) is 7.11 Å². The molecule has 0 aromatic heterocycles. The first-order chi connectivity index (χ1) is 5.27. The van der Waals surface area contributed by atoms with Crippen LogP contribution < -0.4 is 21.7 Å². The molecule has 60 valence electrons. The first-order valence-electron chi connectivity index (χ1n) is 3.18. The van der Waals surface area contributed by atoms with Crippen LogP contribution in [0.5, 0.6) is 5.75 Å². The Labute approximate surface area is 65.1 Å². The summed E-state index contributed by atoms with van der Waals surface area (Å²) in [5.41, 5.74) is 9.38. The van der Waals surface area contributed by atoms with Gasteiger partial charge in [0.25, 0.3) is 0 Å². The van der Waals surface area contributed by atoms with Gasteiger partial charge in [0.05, 0.1) is 12.8 Å². The van der Waals surface area contributed by atoms with Crippen LogP contribution in [0, 0.1) is 0 Å². The minimum absolute atomic E-state index is 0.646. The molecule has 0 amide bonds. The van der Waals surface area contributed by atoms with Gasteiger partial charge in [-0.3, -0.25) is 5.84 Å². The standard InChI is InChI=1S/C7H11N3O/c1-11-7-4-5(8)2-3-6(7)10-9/h2-4,10H,8-9H2,1H3. The van der Waals surface area contributed by atoms with Crippen LogP contribution in [0.2, 0.25) is 0 Å². The van der Waals surface area contributed by atoms with Crippen LogP contribution in [-0.2, 0) is 0 Å². The van der Waals surface area contributed by atoms with Crippen LogP contribution in [0.4, 0.5) is 11.4 Å². The molecule has 0 heterocycles. The zero-order valence-corrected chi connectivity index (χ0v) is 6.29. The fraction of sp³-hybridized carbons (Fsp3) is 0.143. The summed E-state index contributed by atoms with van der Waals surface area (Å²) >= 11 is 0. The maximum Gasteiger partial charge on any atom is 0.145 e. The highest BCUT2D eigenvalue weighted by molar-refractivity contribution is 5.61. The summed E-state index contributed by atoms with van der Waals surface area (Å²) in [5, 5.41) is 0. The number of nitrogens with two attached hydrogens (primary N) is 2. The number of ether oxygens (including phenoxy) is 1. The van der Waals surface area contributed by atoms with Crippen molar-refractivity contribution in [2.24, 2.45) is 5.84 Å². The lowest BCUT2D eigenvalue weighted by Gasteiger charge is -2.07. The smallest absolute Gasteiger partial charge is 0.145 e. The summed E-state index contributed by atoms with van der Waals surface area (Å²) in [6.45, 7) is 0. The van der Waals surface area contributed by atoms with E-state index in [0.717, 1.165) is 5.69 Å². The number of hydrogen-bond donors (Lipinski definition) is 3. The number of hydrogen-bond acceptors (Lipinski definition) is 4. The largest absolute Gasteiger partial charge is 0.494 e. The average molecular weight is 153 g/mol. The predicted octanol–water partition coefficient (Wildman–Crippen LogP) is 0.563. The SMILES string of the molecule is COc1cc(N)ccc1NN. The number of nitrogen functional groups attached to an aromatic ring is 2. The molecule has 0 aliphatic carbocycles. The summed E-state index contributed by atoms with van der Waals surface area (Å²) < 4.78 is 4.99. The van der Waals surface area contributed by atoms with Crippen molar-refractivity contribution in [1.82, 2.24) is 0 Å². The van der Waals surface area contributed by atoms with Crippen LogP contribution >= 0.6 is 0 Å². The number of benzene rings is 1. The van der Waals surface area contributed by atoms with Gasteiger partial charge in [0, 0.05) is 11.8 Å². The second-order valence-corrected chi connectivity index (χ2v) is 2.10. The van der Waals surface area contributed by atoms with E-state index in [-0.39, 0.29) is 0 Å². The quantitative estimate of drug-likeness (QED) is 0.330. The van der Waals surface area contributed by atoms with Gasteiger partial charge in [0.1, 0.15) is 5.75 Å². The molecule has 0 radical (unpaired) electrons. The molecule has 0 unspecified atom stereocenters. The molecule has 1 rings (SSSR count). The molecule has 5 N–H and O–H groups in total. The summed E-state index contributed by atoms with van der Waals surface area (Å²) in [6, 6.07) is 5.21. The fourth-order valence-corrected chi connectivity index (χ4v) is 0.827. The maximum atomic E-state index is 5.51. The van der Waals surface area contributed by atoms with Crippen molar-refractivity contribution < 1.29 is 4.74 Å². The third-order valence-corrected chi connectivity index (χ3v) is 1.38. The predicted molar refractivity (Wildman–Crippen MR) is 45.2 cm³/mol. The first kappa shape index (κ1) is 7.68. The highest BCUT2D eigenvalue weighted by Crippen LogP contribution is 2.25. The van der Waals surface area contributed by atoms with Gasteiger partial charge in [-0.1, -0.05) is 0 Å². The summed E-state index contributed by atoms with van der Waals surface area (Å²) in [4.78, 5) is 0. The number of rotatable bonds is 2. The van der Waals surface area contributed by atoms with Crippen molar-refractivity contribution in [1.29, 1.82) is 0 Å². The first-order valence-corrected chi connectivity index (χ1v) is 3.18. The van der Waals surface area contributed by atoms with E-state index in [1.54, 1.807) is 25.3 Å². The van der Waals surface area contributed by atoms with E-state index in [4.69, 9.17) is 16.3 Å². The molecule has 0 saturated heterocycles. The Kier molecular flexibility index (Phi) is 2.18. The van der Waals surface area contributed by atoms with Gasteiger partial charge in [-0.2, -0.15) is 0 Å². The zero-order valence-electron chi connectivity index (χ0n) is 6.29. The number of methoxy groups -OCH3 is 1. The molecule has 0 fully saturated rings. The van der Waals surface area contributed by atoms with Gasteiger partial charge < -0.3 is 15.9 Å². The van der Waals surface area contributed by atoms with Gasteiger partial charge in [-0.05, 0) is 12.1 Å². The molecular formula is C7H11N3O. The molecule has 0 aliphatic rings. The van der Waals surface area contributed by atoms with Gasteiger partial charge in [0.2, 0.25) is 0 Å². The normalized spacial score (nSPS) is 9.27. The van der Waals surface area contributed by atoms with Crippen molar-refractivity contribution in [3.63, 3.8) is 0 Å². The van der Waals surface area contributed by atoms with E-state index in [9.17, 15) is 0 Å². The molecule has 4 nitrogen and oxygen atoms in total. The topological polar surface area (TPSA) is 73.3 Å². The minimum Gasteiger partial charge on any atom is -0.494 e. The van der Waals surface area contributed by atoms with Crippen molar-refractivity contribution in [3.05, 3.63) is 18.2 Å². The van der Waals surface area contributed by atoms with E-state index in [0.29, 0.717) is 11.4 Å². The number of hydrazine groups is 1. The summed E-state index contributed by atoms with van der Waals surface area (Å²) in [6.07, 6.45) is 0.